The van der Waals surface area contributed by atoms with Gasteiger partial charge in [-0.05, 0) is 52.8 Å². The molecule has 0 saturated carbocycles. The lowest BCUT2D eigenvalue weighted by Gasteiger charge is -2.36. The first-order chi connectivity index (χ1) is 18.6. The zero-order valence-corrected chi connectivity index (χ0v) is 24.9. The predicted octanol–water partition coefficient (Wildman–Crippen LogP) is 1.07. The lowest BCUT2D eigenvalue weighted by Crippen LogP contribution is -3.06. The van der Waals surface area contributed by atoms with E-state index in [0.717, 1.165) is 42.2 Å². The van der Waals surface area contributed by atoms with Gasteiger partial charge in [-0.15, -0.1) is 0 Å². The first-order valence-corrected chi connectivity index (χ1v) is 13.6. The van der Waals surface area contributed by atoms with E-state index in [9.17, 15) is 5.11 Å². The van der Waals surface area contributed by atoms with Gasteiger partial charge >= 0.3 is 0 Å². The average molecular weight is 642 g/mol. The highest BCUT2D eigenvalue weighted by Gasteiger charge is 2.40. The van der Waals surface area contributed by atoms with E-state index in [-0.39, 0.29) is 43.5 Å². The first-order valence-electron chi connectivity index (χ1n) is 13.6. The van der Waals surface area contributed by atoms with Crippen LogP contribution in [0.1, 0.15) is 48.4 Å². The molecule has 0 spiro atoms. The lowest BCUT2D eigenvalue weighted by molar-refractivity contribution is -0.771. The van der Waals surface area contributed by atoms with Crippen LogP contribution in [-0.4, -0.2) is 44.9 Å². The number of allylic oxidation sites excluding steroid dienone is 3. The van der Waals surface area contributed by atoms with Crippen molar-refractivity contribution < 1.29 is 52.9 Å². The van der Waals surface area contributed by atoms with Gasteiger partial charge in [0.2, 0.25) is 6.79 Å². The van der Waals surface area contributed by atoms with E-state index in [1.807, 2.05) is 6.08 Å². The summed E-state index contributed by atoms with van der Waals surface area (Å²) in [6.45, 7) is 6.25. The van der Waals surface area contributed by atoms with Crippen molar-refractivity contribution in [3.05, 3.63) is 99.5 Å². The van der Waals surface area contributed by atoms with E-state index in [2.05, 4.69) is 62.5 Å². The van der Waals surface area contributed by atoms with Gasteiger partial charge in [0, 0.05) is 36.2 Å². The Balaban J connectivity index is 0.00000308. The van der Waals surface area contributed by atoms with Gasteiger partial charge in [0.1, 0.15) is 23.8 Å². The molecule has 7 heteroatoms. The molecule has 0 aromatic heterocycles. The minimum absolute atomic E-state index is 0. The second-order valence-corrected chi connectivity index (χ2v) is 10.6. The molecule has 4 aliphatic rings. The summed E-state index contributed by atoms with van der Waals surface area (Å²) in [7, 11) is 1.70. The third-order valence-corrected chi connectivity index (χ3v) is 7.93. The molecule has 3 heterocycles. The van der Waals surface area contributed by atoms with E-state index in [4.69, 9.17) is 18.9 Å². The number of aliphatic hydroxyl groups is 1. The summed E-state index contributed by atoms with van der Waals surface area (Å²) >= 11 is 0. The van der Waals surface area contributed by atoms with Gasteiger partial charge in [-0.1, -0.05) is 44.2 Å². The maximum absolute atomic E-state index is 9.34. The van der Waals surface area contributed by atoms with Crippen LogP contribution in [0.25, 0.3) is 5.70 Å². The van der Waals surface area contributed by atoms with Crippen molar-refractivity contribution in [1.82, 2.24) is 0 Å². The number of fused-ring (bicyclic) bond motifs is 5. The van der Waals surface area contributed by atoms with Crippen molar-refractivity contribution in [3.8, 4) is 11.5 Å². The highest BCUT2D eigenvalue weighted by atomic mass is 127. The smallest absolute Gasteiger partial charge is 0.231 e. The van der Waals surface area contributed by atoms with Crippen molar-refractivity contribution in [1.29, 1.82) is 0 Å². The fourth-order valence-electron chi connectivity index (χ4n) is 5.91. The zero-order chi connectivity index (χ0) is 26.2. The number of methoxy groups -OCH3 is 1. The largest absolute Gasteiger partial charge is 1.00 e. The fourth-order valence-corrected chi connectivity index (χ4v) is 5.91. The van der Waals surface area contributed by atoms with E-state index in [1.54, 1.807) is 7.11 Å². The molecule has 0 amide bonds. The summed E-state index contributed by atoms with van der Waals surface area (Å²) in [5.74, 6) is 2.95. The van der Waals surface area contributed by atoms with Crippen LogP contribution in [0, 0.1) is 0 Å². The number of aliphatic hydroxyl groups excluding tert-OH is 1. The minimum Gasteiger partial charge on any atom is -1.00 e. The van der Waals surface area contributed by atoms with E-state index in [0.29, 0.717) is 18.9 Å². The SMILES string of the molecule is COC1=CC=C2C(=C[NH+]3CCc4cc5c(cc4C3=C2Cc2ccc(C(C)C)cc2)OCO5)C1OCCCO.[I-]. The van der Waals surface area contributed by atoms with Crippen molar-refractivity contribution in [2.24, 2.45) is 0 Å². The lowest BCUT2D eigenvalue weighted by atomic mass is 9.79. The van der Waals surface area contributed by atoms with E-state index < -0.39 is 0 Å². The summed E-state index contributed by atoms with van der Waals surface area (Å²) in [4.78, 5) is 1.32. The maximum Gasteiger partial charge on any atom is 0.231 e. The third-order valence-electron chi connectivity index (χ3n) is 7.93. The quantitative estimate of drug-likeness (QED) is 0.334. The summed E-state index contributed by atoms with van der Waals surface area (Å²) in [5, 5.41) is 9.34. The number of benzene rings is 2. The number of halogens is 1. The van der Waals surface area contributed by atoms with Gasteiger partial charge in [-0.2, -0.15) is 0 Å². The highest BCUT2D eigenvalue weighted by Crippen LogP contribution is 2.42. The molecule has 0 radical (unpaired) electrons. The number of hydrogen-bond donors (Lipinski definition) is 2. The molecule has 1 aliphatic carbocycles. The van der Waals surface area contributed by atoms with Crippen LogP contribution in [-0.2, 0) is 22.3 Å². The van der Waals surface area contributed by atoms with Crippen molar-refractivity contribution in [2.75, 3.05) is 33.7 Å². The number of ether oxygens (including phenoxy) is 4. The Morgan fingerprint density at radius 3 is 2.56 bits per heavy atom. The van der Waals surface area contributed by atoms with Crippen molar-refractivity contribution in [3.63, 3.8) is 0 Å². The van der Waals surface area contributed by atoms with E-state index >= 15 is 0 Å². The number of hydrogen-bond acceptors (Lipinski definition) is 5. The second-order valence-electron chi connectivity index (χ2n) is 10.6. The summed E-state index contributed by atoms with van der Waals surface area (Å²) in [6.07, 6.45) is 8.59. The molecule has 0 fully saturated rings. The topological polar surface area (TPSA) is 61.6 Å². The van der Waals surface area contributed by atoms with Gasteiger partial charge < -0.3 is 48.0 Å². The van der Waals surface area contributed by atoms with Gasteiger partial charge in [0.15, 0.2) is 11.5 Å². The van der Waals surface area contributed by atoms with Crippen LogP contribution < -0.4 is 38.4 Å². The van der Waals surface area contributed by atoms with Crippen LogP contribution in [0.4, 0.5) is 0 Å². The molecule has 2 aromatic carbocycles. The van der Waals surface area contributed by atoms with Gasteiger partial charge in [0.25, 0.3) is 0 Å². The molecule has 0 bridgehead atoms. The molecule has 2 atom stereocenters. The number of nitrogens with one attached hydrogen (secondary N) is 1. The summed E-state index contributed by atoms with van der Waals surface area (Å²) in [5.41, 5.74) is 10.1. The Morgan fingerprint density at radius 2 is 1.85 bits per heavy atom. The molecule has 6 rings (SSSR count). The van der Waals surface area contributed by atoms with Crippen LogP contribution in [0.15, 0.2) is 77.2 Å². The molecule has 6 nitrogen and oxygen atoms in total. The standard InChI is InChI=1S/C32H35NO5.HI/c1-20(2)22-7-5-21(6-8-22)15-26-24-9-10-28(35-3)32(36-14-4-13-34)27(24)18-33-12-11-23-16-29-30(38-19-37-29)17-25(23)31(26)33;/h5-10,16-18,20,32,34H,4,11-15,19H2,1-3H3;1H. The number of quaternary nitrogens is 1. The highest BCUT2D eigenvalue weighted by molar-refractivity contribution is 5.77. The Morgan fingerprint density at radius 1 is 1.08 bits per heavy atom. The third kappa shape index (κ3) is 5.29. The fraction of sp³-hybridized carbons (Fsp3) is 0.375. The summed E-state index contributed by atoms with van der Waals surface area (Å²) < 4.78 is 23.5. The number of rotatable bonds is 8. The van der Waals surface area contributed by atoms with Gasteiger partial charge in [0.05, 0.1) is 20.3 Å². The predicted molar refractivity (Wildman–Crippen MR) is 146 cm³/mol. The van der Waals surface area contributed by atoms with Crippen LogP contribution in [0.3, 0.4) is 0 Å². The normalized spacial score (nSPS) is 20.8. The van der Waals surface area contributed by atoms with Crippen molar-refractivity contribution >= 4 is 5.70 Å². The summed E-state index contributed by atoms with van der Waals surface area (Å²) in [6, 6.07) is 13.4. The minimum atomic E-state index is -0.294. The van der Waals surface area contributed by atoms with Gasteiger partial charge in [-0.3, -0.25) is 4.90 Å². The van der Waals surface area contributed by atoms with E-state index in [1.165, 1.54) is 44.0 Å². The van der Waals surface area contributed by atoms with Crippen LogP contribution >= 0.6 is 0 Å². The van der Waals surface area contributed by atoms with Crippen LogP contribution in [0.5, 0.6) is 11.5 Å². The van der Waals surface area contributed by atoms with Crippen LogP contribution in [0.2, 0.25) is 0 Å². The molecule has 2 N–H and O–H groups in total. The maximum atomic E-state index is 9.34. The first kappa shape index (κ1) is 28.0. The monoisotopic (exact) mass is 641 g/mol. The van der Waals surface area contributed by atoms with Gasteiger partial charge in [-0.25, -0.2) is 0 Å². The molecule has 2 unspecified atom stereocenters. The Hall–Kier alpha value is -2.59. The Kier molecular flexibility index (Phi) is 8.52. The Labute approximate surface area is 247 Å². The second kappa shape index (κ2) is 11.9. The molecular weight excluding hydrogens is 605 g/mol. The zero-order valence-electron chi connectivity index (χ0n) is 22.8. The molecular formula is C32H36INO5. The Bertz CT molecular complexity index is 1360. The average Bonchev–Trinajstić information content (AvgIpc) is 3.39. The molecule has 2 aromatic rings. The molecule has 0 saturated heterocycles. The molecule has 3 aliphatic heterocycles. The molecule has 206 valence electrons. The molecule has 39 heavy (non-hydrogen) atoms. The van der Waals surface area contributed by atoms with Crippen molar-refractivity contribution in [2.45, 2.75) is 45.1 Å².